The number of amides is 1. The highest BCUT2D eigenvalue weighted by Crippen LogP contribution is 2.28. The highest BCUT2D eigenvalue weighted by molar-refractivity contribution is 6.03. The first-order valence-electron chi connectivity index (χ1n) is 10.7. The van der Waals surface area contributed by atoms with Gasteiger partial charge in [-0.2, -0.15) is 0 Å². The monoisotopic (exact) mass is 404 g/mol. The molecule has 3 aromatic rings. The number of nitrogens with zero attached hydrogens (tertiary/aromatic N) is 3. The first-order valence-corrected chi connectivity index (χ1v) is 10.7. The number of rotatable bonds is 8. The number of carbonyl (C=O) groups excluding carboxylic acids is 1. The summed E-state index contributed by atoms with van der Waals surface area (Å²) in [5.74, 6) is 0.855. The molecule has 2 N–H and O–H groups in total. The van der Waals surface area contributed by atoms with Crippen molar-refractivity contribution in [3.8, 4) is 5.75 Å². The van der Waals surface area contributed by atoms with Crippen LogP contribution >= 0.6 is 0 Å². The zero-order chi connectivity index (χ0) is 20.8. The molecule has 0 radical (unpaired) electrons. The lowest BCUT2D eigenvalue weighted by atomic mass is 9.93. The Labute approximate surface area is 177 Å². The Balaban J connectivity index is 1.25. The number of carbonyl (C=O) groups is 1. The van der Waals surface area contributed by atoms with Gasteiger partial charge in [0.2, 0.25) is 0 Å². The maximum absolute atomic E-state index is 11.7. The molecular weight excluding hydrogens is 376 g/mol. The van der Waals surface area contributed by atoms with Crippen molar-refractivity contribution in [2.24, 2.45) is 5.73 Å². The van der Waals surface area contributed by atoms with Crippen LogP contribution in [0.1, 0.15) is 47.7 Å². The lowest BCUT2D eigenvalue weighted by Gasteiger charge is -2.31. The van der Waals surface area contributed by atoms with Crippen LogP contribution < -0.4 is 10.5 Å². The third-order valence-electron chi connectivity index (χ3n) is 5.74. The van der Waals surface area contributed by atoms with Gasteiger partial charge in [-0.1, -0.05) is 24.3 Å². The molecule has 0 saturated carbocycles. The van der Waals surface area contributed by atoms with Crippen LogP contribution in [0.3, 0.4) is 0 Å². The number of nitrogens with two attached hydrogens (primary N) is 1. The molecule has 1 saturated heterocycles. The van der Waals surface area contributed by atoms with Crippen molar-refractivity contribution in [1.82, 2.24) is 14.9 Å². The summed E-state index contributed by atoms with van der Waals surface area (Å²) in [4.78, 5) is 23.5. The van der Waals surface area contributed by atoms with Crippen LogP contribution in [0.25, 0.3) is 11.0 Å². The van der Waals surface area contributed by atoms with E-state index in [-0.39, 0.29) is 0 Å². The van der Waals surface area contributed by atoms with E-state index in [0.29, 0.717) is 22.5 Å². The van der Waals surface area contributed by atoms with Crippen molar-refractivity contribution in [2.45, 2.75) is 31.6 Å². The molecule has 2 heterocycles. The molecule has 1 aliphatic rings. The number of primary amides is 1. The number of fused-ring (bicyclic) bond motifs is 1. The molecule has 1 fully saturated rings. The standard InChI is InChI=1S/C24H28N4O2/c25-24(29)20-9-6-10-21-23(20)27-22(17-26-21)18-11-14-28(15-12-18)13-4-5-16-30-19-7-2-1-3-8-19/h1-3,6-10,17-18H,4-5,11-16H2,(H2,25,29). The lowest BCUT2D eigenvalue weighted by Crippen LogP contribution is -2.34. The molecule has 6 heteroatoms. The molecule has 1 amide bonds. The van der Waals surface area contributed by atoms with Crippen molar-refractivity contribution in [3.05, 3.63) is 66.0 Å². The van der Waals surface area contributed by atoms with Crippen molar-refractivity contribution < 1.29 is 9.53 Å². The van der Waals surface area contributed by atoms with Crippen molar-refractivity contribution in [2.75, 3.05) is 26.2 Å². The van der Waals surface area contributed by atoms with Gasteiger partial charge in [0, 0.05) is 12.1 Å². The summed E-state index contributed by atoms with van der Waals surface area (Å²) in [6.07, 6.45) is 6.16. The predicted octanol–water partition coefficient (Wildman–Crippen LogP) is 3.77. The van der Waals surface area contributed by atoms with Gasteiger partial charge in [0.25, 0.3) is 5.91 Å². The zero-order valence-electron chi connectivity index (χ0n) is 17.2. The third-order valence-corrected chi connectivity index (χ3v) is 5.74. The van der Waals surface area contributed by atoms with E-state index in [1.807, 2.05) is 42.6 Å². The minimum Gasteiger partial charge on any atom is -0.494 e. The first kappa shape index (κ1) is 20.3. The van der Waals surface area contributed by atoms with Gasteiger partial charge in [-0.05, 0) is 69.6 Å². The van der Waals surface area contributed by atoms with Crippen LogP contribution in [-0.4, -0.2) is 47.0 Å². The van der Waals surface area contributed by atoms with Crippen LogP contribution in [0, 0.1) is 0 Å². The van der Waals surface area contributed by atoms with Crippen molar-refractivity contribution >= 4 is 16.9 Å². The fourth-order valence-electron chi connectivity index (χ4n) is 4.04. The summed E-state index contributed by atoms with van der Waals surface area (Å²) in [6.45, 7) is 3.97. The summed E-state index contributed by atoms with van der Waals surface area (Å²) < 4.78 is 5.77. The number of piperidine rings is 1. The summed E-state index contributed by atoms with van der Waals surface area (Å²) in [7, 11) is 0. The van der Waals surface area contributed by atoms with Gasteiger partial charge in [-0.15, -0.1) is 0 Å². The third kappa shape index (κ3) is 4.94. The maximum Gasteiger partial charge on any atom is 0.250 e. The molecule has 1 aromatic heterocycles. The molecule has 6 nitrogen and oxygen atoms in total. The Hall–Kier alpha value is -2.99. The largest absolute Gasteiger partial charge is 0.494 e. The summed E-state index contributed by atoms with van der Waals surface area (Å²) in [6, 6.07) is 15.3. The van der Waals surface area contributed by atoms with E-state index in [1.165, 1.54) is 0 Å². The smallest absolute Gasteiger partial charge is 0.250 e. The Morgan fingerprint density at radius 2 is 1.87 bits per heavy atom. The number of hydrogen-bond donors (Lipinski definition) is 1. The Bertz CT molecular complexity index is 985. The summed E-state index contributed by atoms with van der Waals surface area (Å²) in [5.41, 5.74) is 8.24. The Morgan fingerprint density at radius 1 is 1.07 bits per heavy atom. The van der Waals surface area contributed by atoms with E-state index in [4.69, 9.17) is 15.5 Å². The van der Waals surface area contributed by atoms with Gasteiger partial charge in [-0.25, -0.2) is 4.98 Å². The summed E-state index contributed by atoms with van der Waals surface area (Å²) >= 11 is 0. The number of ether oxygens (including phenoxy) is 1. The minimum absolute atomic E-state index is 0.375. The highest BCUT2D eigenvalue weighted by Gasteiger charge is 2.22. The topological polar surface area (TPSA) is 81.3 Å². The maximum atomic E-state index is 11.7. The van der Waals surface area contributed by atoms with Gasteiger partial charge >= 0.3 is 0 Å². The number of likely N-dealkylation sites (tertiary alicyclic amines) is 1. The molecule has 2 aromatic carbocycles. The van der Waals surface area contributed by atoms with Crippen LogP contribution in [0.15, 0.2) is 54.7 Å². The molecular formula is C24H28N4O2. The first-order chi connectivity index (χ1) is 14.7. The molecule has 0 spiro atoms. The van der Waals surface area contributed by atoms with Gasteiger partial charge in [0.15, 0.2) is 0 Å². The van der Waals surface area contributed by atoms with Gasteiger partial charge in [0.1, 0.15) is 11.3 Å². The van der Waals surface area contributed by atoms with E-state index < -0.39 is 5.91 Å². The fraction of sp³-hybridized carbons (Fsp3) is 0.375. The summed E-state index contributed by atoms with van der Waals surface area (Å²) in [5, 5.41) is 0. The van der Waals surface area contributed by atoms with Crippen LogP contribution in [-0.2, 0) is 0 Å². The lowest BCUT2D eigenvalue weighted by molar-refractivity contribution is 0.100. The molecule has 0 atom stereocenters. The number of para-hydroxylation sites is 2. The molecule has 0 aliphatic carbocycles. The van der Waals surface area contributed by atoms with E-state index in [1.54, 1.807) is 12.1 Å². The van der Waals surface area contributed by atoms with Crippen LogP contribution in [0.5, 0.6) is 5.75 Å². The predicted molar refractivity (Wildman–Crippen MR) is 118 cm³/mol. The van der Waals surface area contributed by atoms with Gasteiger partial charge in [-0.3, -0.25) is 9.78 Å². The Kier molecular flexibility index (Phi) is 6.54. The minimum atomic E-state index is -0.460. The van der Waals surface area contributed by atoms with Crippen LogP contribution in [0.4, 0.5) is 0 Å². The van der Waals surface area contributed by atoms with E-state index >= 15 is 0 Å². The van der Waals surface area contributed by atoms with Crippen molar-refractivity contribution in [1.29, 1.82) is 0 Å². The SMILES string of the molecule is NC(=O)c1cccc2ncc(C3CCN(CCCCOc4ccccc4)CC3)nc12. The second kappa shape index (κ2) is 9.67. The Morgan fingerprint density at radius 3 is 2.63 bits per heavy atom. The van der Waals surface area contributed by atoms with Crippen LogP contribution in [0.2, 0.25) is 0 Å². The van der Waals surface area contributed by atoms with E-state index in [2.05, 4.69) is 9.88 Å². The number of benzene rings is 2. The van der Waals surface area contributed by atoms with E-state index in [9.17, 15) is 4.79 Å². The van der Waals surface area contributed by atoms with Gasteiger partial charge in [0.05, 0.1) is 23.4 Å². The van der Waals surface area contributed by atoms with Gasteiger partial charge < -0.3 is 15.4 Å². The fourth-order valence-corrected chi connectivity index (χ4v) is 4.04. The average Bonchev–Trinajstić information content (AvgIpc) is 2.79. The zero-order valence-corrected chi connectivity index (χ0v) is 17.2. The molecule has 30 heavy (non-hydrogen) atoms. The number of unbranched alkanes of at least 4 members (excludes halogenated alkanes) is 1. The molecule has 156 valence electrons. The average molecular weight is 405 g/mol. The van der Waals surface area contributed by atoms with Crippen molar-refractivity contribution in [3.63, 3.8) is 0 Å². The molecule has 0 bridgehead atoms. The molecule has 0 unspecified atom stereocenters. The normalized spacial score (nSPS) is 15.3. The second-order valence-corrected chi connectivity index (χ2v) is 7.82. The molecule has 4 rings (SSSR count). The number of hydrogen-bond acceptors (Lipinski definition) is 5. The molecule has 1 aliphatic heterocycles. The second-order valence-electron chi connectivity index (χ2n) is 7.82. The highest BCUT2D eigenvalue weighted by atomic mass is 16.5. The quantitative estimate of drug-likeness (QED) is 0.578. The van der Waals surface area contributed by atoms with E-state index in [0.717, 1.165) is 63.4 Å². The number of aromatic nitrogens is 2.